The summed E-state index contributed by atoms with van der Waals surface area (Å²) in [5.74, 6) is 1.16. The van der Waals surface area contributed by atoms with E-state index in [4.69, 9.17) is 10.5 Å². The highest BCUT2D eigenvalue weighted by Gasteiger charge is 2.09. The van der Waals surface area contributed by atoms with Crippen LogP contribution in [0.5, 0.6) is 5.75 Å². The second-order valence-corrected chi connectivity index (χ2v) is 5.15. The Morgan fingerprint density at radius 2 is 2.00 bits per heavy atom. The molecule has 0 unspecified atom stereocenters. The Kier molecular flexibility index (Phi) is 6.36. The van der Waals surface area contributed by atoms with Crippen LogP contribution in [0.1, 0.15) is 38.8 Å². The third-order valence-corrected chi connectivity index (χ3v) is 2.81. The first-order valence-electron chi connectivity index (χ1n) is 6.74. The highest BCUT2D eigenvalue weighted by molar-refractivity contribution is 5.77. The first-order chi connectivity index (χ1) is 9.00. The molecule has 1 amide bonds. The van der Waals surface area contributed by atoms with Gasteiger partial charge in [-0.2, -0.15) is 0 Å². The molecule has 0 radical (unpaired) electrons. The SMILES string of the molecule is CC(C)CCNC(=O)COc1ccccc1[C@@H](C)N. The Bertz CT molecular complexity index is 403. The minimum Gasteiger partial charge on any atom is -0.483 e. The largest absolute Gasteiger partial charge is 0.483 e. The zero-order valence-corrected chi connectivity index (χ0v) is 12.0. The van der Waals surface area contributed by atoms with Gasteiger partial charge in [0.15, 0.2) is 6.61 Å². The van der Waals surface area contributed by atoms with Crippen molar-refractivity contribution in [2.45, 2.75) is 33.2 Å². The van der Waals surface area contributed by atoms with E-state index < -0.39 is 0 Å². The van der Waals surface area contributed by atoms with Crippen molar-refractivity contribution >= 4 is 5.91 Å². The van der Waals surface area contributed by atoms with E-state index in [1.165, 1.54) is 0 Å². The van der Waals surface area contributed by atoms with Crippen molar-refractivity contribution in [1.29, 1.82) is 0 Å². The summed E-state index contributed by atoms with van der Waals surface area (Å²) in [6.45, 7) is 6.87. The van der Waals surface area contributed by atoms with Gasteiger partial charge in [0.1, 0.15) is 5.75 Å². The molecular weight excluding hydrogens is 240 g/mol. The molecule has 1 rings (SSSR count). The van der Waals surface area contributed by atoms with Gasteiger partial charge in [-0.1, -0.05) is 32.0 Å². The predicted octanol–water partition coefficient (Wildman–Crippen LogP) is 2.25. The number of hydrogen-bond acceptors (Lipinski definition) is 3. The van der Waals surface area contributed by atoms with Gasteiger partial charge in [0.25, 0.3) is 5.91 Å². The Balaban J connectivity index is 2.42. The molecule has 0 aliphatic heterocycles. The zero-order valence-electron chi connectivity index (χ0n) is 12.0. The van der Waals surface area contributed by atoms with Gasteiger partial charge in [0.2, 0.25) is 0 Å². The van der Waals surface area contributed by atoms with Crippen LogP contribution >= 0.6 is 0 Å². The van der Waals surface area contributed by atoms with Gasteiger partial charge >= 0.3 is 0 Å². The molecule has 1 atom stereocenters. The zero-order chi connectivity index (χ0) is 14.3. The molecule has 0 fully saturated rings. The number of nitrogens with one attached hydrogen (secondary N) is 1. The van der Waals surface area contributed by atoms with Crippen LogP contribution in [-0.4, -0.2) is 19.1 Å². The summed E-state index contributed by atoms with van der Waals surface area (Å²) in [6, 6.07) is 7.42. The molecular formula is C15H24N2O2. The number of carbonyl (C=O) groups excluding carboxylic acids is 1. The van der Waals surface area contributed by atoms with Crippen molar-refractivity contribution in [1.82, 2.24) is 5.32 Å². The van der Waals surface area contributed by atoms with Crippen LogP contribution in [0.3, 0.4) is 0 Å². The summed E-state index contributed by atoms with van der Waals surface area (Å²) in [5, 5.41) is 2.84. The average Bonchev–Trinajstić information content (AvgIpc) is 2.36. The Morgan fingerprint density at radius 3 is 2.63 bits per heavy atom. The lowest BCUT2D eigenvalue weighted by molar-refractivity contribution is -0.123. The fourth-order valence-electron chi connectivity index (χ4n) is 1.68. The molecule has 4 nitrogen and oxygen atoms in total. The minimum atomic E-state index is -0.111. The molecule has 1 aromatic carbocycles. The van der Waals surface area contributed by atoms with E-state index in [9.17, 15) is 4.79 Å². The number of carbonyl (C=O) groups is 1. The van der Waals surface area contributed by atoms with E-state index in [1.807, 2.05) is 31.2 Å². The van der Waals surface area contributed by atoms with Gasteiger partial charge in [-0.05, 0) is 25.3 Å². The van der Waals surface area contributed by atoms with Crippen molar-refractivity contribution in [3.05, 3.63) is 29.8 Å². The van der Waals surface area contributed by atoms with Crippen LogP contribution < -0.4 is 15.8 Å². The van der Waals surface area contributed by atoms with Crippen LogP contribution in [0.15, 0.2) is 24.3 Å². The lowest BCUT2D eigenvalue weighted by Crippen LogP contribution is -2.30. The molecule has 0 aliphatic rings. The minimum absolute atomic E-state index is 0.0296. The highest BCUT2D eigenvalue weighted by atomic mass is 16.5. The smallest absolute Gasteiger partial charge is 0.257 e. The lowest BCUT2D eigenvalue weighted by Gasteiger charge is -2.14. The van der Waals surface area contributed by atoms with Gasteiger partial charge in [-0.25, -0.2) is 0 Å². The summed E-state index contributed by atoms with van der Waals surface area (Å²) in [5.41, 5.74) is 6.77. The number of para-hydroxylation sites is 1. The number of benzene rings is 1. The Labute approximate surface area is 115 Å². The number of amides is 1. The normalized spacial score (nSPS) is 12.3. The van der Waals surface area contributed by atoms with Crippen molar-refractivity contribution in [3.8, 4) is 5.75 Å². The van der Waals surface area contributed by atoms with Gasteiger partial charge in [-0.3, -0.25) is 4.79 Å². The van der Waals surface area contributed by atoms with Crippen molar-refractivity contribution < 1.29 is 9.53 Å². The molecule has 106 valence electrons. The molecule has 0 aromatic heterocycles. The first kappa shape index (κ1) is 15.5. The van der Waals surface area contributed by atoms with Crippen LogP contribution in [0.2, 0.25) is 0 Å². The monoisotopic (exact) mass is 264 g/mol. The quantitative estimate of drug-likeness (QED) is 0.794. The van der Waals surface area contributed by atoms with Crippen LogP contribution in [-0.2, 0) is 4.79 Å². The summed E-state index contributed by atoms with van der Waals surface area (Å²) in [6.07, 6.45) is 0.974. The molecule has 3 N–H and O–H groups in total. The molecule has 4 heteroatoms. The standard InChI is InChI=1S/C15H24N2O2/c1-11(2)8-9-17-15(18)10-19-14-7-5-4-6-13(14)12(3)16/h4-7,11-12H,8-10,16H2,1-3H3,(H,17,18)/t12-/m1/s1. The number of ether oxygens (including phenoxy) is 1. The summed E-state index contributed by atoms with van der Waals surface area (Å²) >= 11 is 0. The van der Waals surface area contributed by atoms with Crippen molar-refractivity contribution in [2.24, 2.45) is 11.7 Å². The van der Waals surface area contributed by atoms with Crippen molar-refractivity contribution in [3.63, 3.8) is 0 Å². The third kappa shape index (κ3) is 5.75. The fraction of sp³-hybridized carbons (Fsp3) is 0.533. The second-order valence-electron chi connectivity index (χ2n) is 5.15. The Morgan fingerprint density at radius 1 is 1.32 bits per heavy atom. The molecule has 0 saturated heterocycles. The highest BCUT2D eigenvalue weighted by Crippen LogP contribution is 2.22. The average molecular weight is 264 g/mol. The van der Waals surface area contributed by atoms with E-state index >= 15 is 0 Å². The Hall–Kier alpha value is -1.55. The maximum Gasteiger partial charge on any atom is 0.257 e. The number of hydrogen-bond donors (Lipinski definition) is 2. The van der Waals surface area contributed by atoms with E-state index in [0.717, 1.165) is 12.0 Å². The fourth-order valence-corrected chi connectivity index (χ4v) is 1.68. The molecule has 0 aliphatic carbocycles. The first-order valence-corrected chi connectivity index (χ1v) is 6.74. The number of nitrogens with two attached hydrogens (primary N) is 1. The molecule has 0 spiro atoms. The van der Waals surface area contributed by atoms with Crippen LogP contribution in [0.4, 0.5) is 0 Å². The molecule has 19 heavy (non-hydrogen) atoms. The maximum atomic E-state index is 11.6. The van der Waals surface area contributed by atoms with Gasteiger partial charge in [0, 0.05) is 18.2 Å². The number of rotatable bonds is 7. The van der Waals surface area contributed by atoms with Gasteiger partial charge < -0.3 is 15.8 Å². The van der Waals surface area contributed by atoms with E-state index in [1.54, 1.807) is 0 Å². The van der Waals surface area contributed by atoms with E-state index in [2.05, 4.69) is 19.2 Å². The van der Waals surface area contributed by atoms with Gasteiger partial charge in [0.05, 0.1) is 0 Å². The molecule has 1 aromatic rings. The molecule has 0 saturated carbocycles. The maximum absolute atomic E-state index is 11.6. The molecule has 0 heterocycles. The second kappa shape index (κ2) is 7.79. The lowest BCUT2D eigenvalue weighted by atomic mass is 10.1. The summed E-state index contributed by atoms with van der Waals surface area (Å²) < 4.78 is 5.53. The van der Waals surface area contributed by atoms with Crippen molar-refractivity contribution in [2.75, 3.05) is 13.2 Å². The molecule has 0 bridgehead atoms. The van der Waals surface area contributed by atoms with Crippen LogP contribution in [0, 0.1) is 5.92 Å². The van der Waals surface area contributed by atoms with E-state index in [-0.39, 0.29) is 18.6 Å². The van der Waals surface area contributed by atoms with Gasteiger partial charge in [-0.15, -0.1) is 0 Å². The topological polar surface area (TPSA) is 64.3 Å². The van der Waals surface area contributed by atoms with E-state index in [0.29, 0.717) is 18.2 Å². The van der Waals surface area contributed by atoms with Crippen LogP contribution in [0.25, 0.3) is 0 Å². The summed E-state index contributed by atoms with van der Waals surface area (Å²) in [4.78, 5) is 11.6. The predicted molar refractivity (Wildman–Crippen MR) is 77.0 cm³/mol. The summed E-state index contributed by atoms with van der Waals surface area (Å²) in [7, 11) is 0. The third-order valence-electron chi connectivity index (χ3n) is 2.81.